The van der Waals surface area contributed by atoms with Crippen LogP contribution in [-0.2, 0) is 21.4 Å². The van der Waals surface area contributed by atoms with Crippen molar-refractivity contribution < 1.29 is 27.4 Å². The molecule has 2 heterocycles. The van der Waals surface area contributed by atoms with Gasteiger partial charge in [-0.05, 0) is 49.2 Å². The predicted molar refractivity (Wildman–Crippen MR) is 124 cm³/mol. The number of sulfonamides is 1. The molecule has 2 aromatic carbocycles. The summed E-state index contributed by atoms with van der Waals surface area (Å²) in [4.78, 5) is 17.2. The van der Waals surface area contributed by atoms with E-state index in [-0.39, 0.29) is 17.1 Å². The molecule has 0 saturated carbocycles. The Labute approximate surface area is 196 Å². The molecule has 1 aliphatic rings. The molecule has 0 bridgehead atoms. The Hall–Kier alpha value is -2.95. The quantitative estimate of drug-likeness (QED) is 0.443. The van der Waals surface area contributed by atoms with Crippen LogP contribution in [0.3, 0.4) is 0 Å². The molecule has 8 nitrogen and oxygen atoms in total. The number of methoxy groups -OCH3 is 2. The highest BCUT2D eigenvalue weighted by Gasteiger charge is 2.27. The minimum Gasteiger partial charge on any atom is -0.493 e. The molecule has 33 heavy (non-hydrogen) atoms. The summed E-state index contributed by atoms with van der Waals surface area (Å²) in [6.45, 7) is 1.06. The minimum atomic E-state index is -3.52. The number of nitrogens with zero attached hydrogens (tertiary/aromatic N) is 2. The van der Waals surface area contributed by atoms with Crippen LogP contribution in [-0.4, -0.2) is 51.0 Å². The third-order valence-corrected chi connectivity index (χ3v) is 8.17. The Kier molecular flexibility index (Phi) is 6.96. The van der Waals surface area contributed by atoms with Crippen LogP contribution < -0.4 is 9.47 Å². The number of ether oxygens (including phenoxy) is 3. The van der Waals surface area contributed by atoms with E-state index in [1.807, 2.05) is 17.5 Å². The number of hydrogen-bond donors (Lipinski definition) is 0. The summed E-state index contributed by atoms with van der Waals surface area (Å²) in [5, 5.41) is 2.53. The van der Waals surface area contributed by atoms with Crippen molar-refractivity contribution in [3.8, 4) is 22.1 Å². The van der Waals surface area contributed by atoms with Crippen LogP contribution in [0.5, 0.6) is 11.5 Å². The minimum absolute atomic E-state index is 0.00452. The lowest BCUT2D eigenvalue weighted by molar-refractivity contribution is 0.0468. The van der Waals surface area contributed by atoms with Crippen LogP contribution in [0.1, 0.15) is 28.9 Å². The summed E-state index contributed by atoms with van der Waals surface area (Å²) in [5.41, 5.74) is 1.66. The van der Waals surface area contributed by atoms with Crippen LogP contribution in [0.25, 0.3) is 10.6 Å². The smallest absolute Gasteiger partial charge is 0.338 e. The largest absolute Gasteiger partial charge is 0.493 e. The van der Waals surface area contributed by atoms with Crippen LogP contribution in [0.4, 0.5) is 0 Å². The van der Waals surface area contributed by atoms with Gasteiger partial charge in [0.2, 0.25) is 10.0 Å². The Morgan fingerprint density at radius 3 is 2.45 bits per heavy atom. The number of rotatable bonds is 8. The molecule has 1 saturated heterocycles. The molecule has 0 N–H and O–H groups in total. The molecule has 0 radical (unpaired) electrons. The van der Waals surface area contributed by atoms with Gasteiger partial charge in [0, 0.05) is 18.5 Å². The van der Waals surface area contributed by atoms with Gasteiger partial charge in [0.25, 0.3) is 0 Å². The highest BCUT2D eigenvalue weighted by atomic mass is 32.2. The average Bonchev–Trinajstić information content (AvgIpc) is 3.55. The highest BCUT2D eigenvalue weighted by Crippen LogP contribution is 2.39. The van der Waals surface area contributed by atoms with E-state index in [1.54, 1.807) is 20.3 Å². The van der Waals surface area contributed by atoms with E-state index >= 15 is 0 Å². The second-order valence-electron chi connectivity index (χ2n) is 7.40. The van der Waals surface area contributed by atoms with E-state index in [1.165, 1.54) is 39.9 Å². The molecule has 0 spiro atoms. The monoisotopic (exact) mass is 488 g/mol. The van der Waals surface area contributed by atoms with Crippen molar-refractivity contribution in [3.63, 3.8) is 0 Å². The summed E-state index contributed by atoms with van der Waals surface area (Å²) in [5.74, 6) is 0.642. The molecule has 0 aliphatic carbocycles. The van der Waals surface area contributed by atoms with Crippen LogP contribution in [0.15, 0.2) is 52.7 Å². The van der Waals surface area contributed by atoms with Crippen molar-refractivity contribution in [1.82, 2.24) is 9.29 Å². The number of carbonyl (C=O) groups is 1. The van der Waals surface area contributed by atoms with Crippen molar-refractivity contribution in [2.75, 3.05) is 27.3 Å². The van der Waals surface area contributed by atoms with E-state index in [0.29, 0.717) is 35.3 Å². The number of esters is 1. The number of carbonyl (C=O) groups excluding carboxylic acids is 1. The number of aromatic nitrogens is 1. The summed E-state index contributed by atoms with van der Waals surface area (Å²) < 4.78 is 42.9. The third kappa shape index (κ3) is 4.87. The second kappa shape index (κ2) is 9.90. The molecule has 4 rings (SSSR count). The zero-order chi connectivity index (χ0) is 23.4. The first-order chi connectivity index (χ1) is 15.9. The maximum absolute atomic E-state index is 12.6. The van der Waals surface area contributed by atoms with Crippen LogP contribution in [0, 0.1) is 0 Å². The van der Waals surface area contributed by atoms with Crippen molar-refractivity contribution in [1.29, 1.82) is 0 Å². The van der Waals surface area contributed by atoms with Gasteiger partial charge in [0.05, 0.1) is 35.9 Å². The Bertz CT molecular complexity index is 1230. The molecule has 10 heteroatoms. The molecule has 1 fully saturated rings. The van der Waals surface area contributed by atoms with Gasteiger partial charge in [-0.25, -0.2) is 18.2 Å². The SMILES string of the molecule is COc1cccc(-c2nc(COC(=O)c3ccc(S(=O)(=O)N4CCCC4)cc3)cs2)c1OC. The highest BCUT2D eigenvalue weighted by molar-refractivity contribution is 7.89. The zero-order valence-corrected chi connectivity index (χ0v) is 19.9. The average molecular weight is 489 g/mol. The van der Waals surface area contributed by atoms with Gasteiger partial charge in [0.1, 0.15) is 11.6 Å². The first-order valence-electron chi connectivity index (χ1n) is 10.4. The summed E-state index contributed by atoms with van der Waals surface area (Å²) >= 11 is 1.41. The second-order valence-corrected chi connectivity index (χ2v) is 10.2. The molecule has 3 aromatic rings. The molecule has 0 unspecified atom stereocenters. The predicted octanol–water partition coefficient (Wildman–Crippen LogP) is 3.97. The fourth-order valence-electron chi connectivity index (χ4n) is 3.62. The van der Waals surface area contributed by atoms with Crippen molar-refractivity contribution >= 4 is 27.3 Å². The topological polar surface area (TPSA) is 95.0 Å². The number of para-hydroxylation sites is 1. The first-order valence-corrected chi connectivity index (χ1v) is 12.7. The Morgan fingerprint density at radius 1 is 1.06 bits per heavy atom. The van der Waals surface area contributed by atoms with E-state index in [4.69, 9.17) is 14.2 Å². The lowest BCUT2D eigenvalue weighted by Crippen LogP contribution is -2.27. The Balaban J connectivity index is 1.41. The fourth-order valence-corrected chi connectivity index (χ4v) is 5.96. The Morgan fingerprint density at radius 2 is 1.79 bits per heavy atom. The standard InChI is InChI=1S/C23H24N2O6S2/c1-29-20-7-5-6-19(21(20)30-2)22-24-17(15-32-22)14-31-23(26)16-8-10-18(11-9-16)33(27,28)25-12-3-4-13-25/h5-11,15H,3-4,12-14H2,1-2H3. The van der Waals surface area contributed by atoms with E-state index in [2.05, 4.69) is 4.98 Å². The number of hydrogen-bond acceptors (Lipinski definition) is 8. The number of thiazole rings is 1. The van der Waals surface area contributed by atoms with E-state index in [0.717, 1.165) is 18.4 Å². The van der Waals surface area contributed by atoms with Crippen LogP contribution >= 0.6 is 11.3 Å². The summed E-state index contributed by atoms with van der Waals surface area (Å²) in [7, 11) is -0.377. The van der Waals surface area contributed by atoms with Crippen molar-refractivity contribution in [2.24, 2.45) is 0 Å². The fraction of sp³-hybridized carbons (Fsp3) is 0.304. The van der Waals surface area contributed by atoms with Gasteiger partial charge >= 0.3 is 5.97 Å². The molecular weight excluding hydrogens is 464 g/mol. The molecule has 0 amide bonds. The van der Waals surface area contributed by atoms with Crippen molar-refractivity contribution in [2.45, 2.75) is 24.3 Å². The van der Waals surface area contributed by atoms with Gasteiger partial charge in [-0.2, -0.15) is 4.31 Å². The molecule has 1 aliphatic heterocycles. The molecule has 0 atom stereocenters. The van der Waals surface area contributed by atoms with E-state index < -0.39 is 16.0 Å². The summed E-state index contributed by atoms with van der Waals surface area (Å²) in [6, 6.07) is 11.4. The third-order valence-electron chi connectivity index (χ3n) is 5.33. The molecule has 174 valence electrons. The number of benzene rings is 2. The lowest BCUT2D eigenvalue weighted by Gasteiger charge is -2.15. The lowest BCUT2D eigenvalue weighted by atomic mass is 10.2. The van der Waals surface area contributed by atoms with Crippen molar-refractivity contribution in [3.05, 3.63) is 59.1 Å². The van der Waals surface area contributed by atoms with Gasteiger partial charge in [0.15, 0.2) is 11.5 Å². The summed E-state index contributed by atoms with van der Waals surface area (Å²) in [6.07, 6.45) is 1.74. The van der Waals surface area contributed by atoms with Gasteiger partial charge in [-0.15, -0.1) is 11.3 Å². The van der Waals surface area contributed by atoms with E-state index in [9.17, 15) is 13.2 Å². The maximum atomic E-state index is 12.6. The molecule has 1 aromatic heterocycles. The maximum Gasteiger partial charge on any atom is 0.338 e. The van der Waals surface area contributed by atoms with Gasteiger partial charge in [-0.3, -0.25) is 0 Å². The zero-order valence-electron chi connectivity index (χ0n) is 18.3. The van der Waals surface area contributed by atoms with Gasteiger partial charge in [-0.1, -0.05) is 6.07 Å². The molecular formula is C23H24N2O6S2. The normalized spacial score (nSPS) is 14.2. The van der Waals surface area contributed by atoms with Crippen LogP contribution in [0.2, 0.25) is 0 Å². The van der Waals surface area contributed by atoms with Gasteiger partial charge < -0.3 is 14.2 Å². The first kappa shape index (κ1) is 23.2.